The van der Waals surface area contributed by atoms with Gasteiger partial charge in [0.15, 0.2) is 5.11 Å². The van der Waals surface area contributed by atoms with Crippen LogP contribution in [0.25, 0.3) is 0 Å². The highest BCUT2D eigenvalue weighted by atomic mass is 35.5. The van der Waals surface area contributed by atoms with E-state index < -0.39 is 0 Å². The maximum absolute atomic E-state index is 12.1. The summed E-state index contributed by atoms with van der Waals surface area (Å²) in [6.45, 7) is 4.65. The molecule has 0 unspecified atom stereocenters. The number of rotatable bonds is 2. The monoisotopic (exact) mass is 387 g/mol. The molecule has 4 rings (SSSR count). The van der Waals surface area contributed by atoms with Gasteiger partial charge in [-0.2, -0.15) is 0 Å². The zero-order valence-electron chi connectivity index (χ0n) is 14.7. The molecule has 1 aromatic heterocycles. The summed E-state index contributed by atoms with van der Waals surface area (Å²) in [7, 11) is 0. The molecule has 2 aliphatic heterocycles. The van der Waals surface area contributed by atoms with E-state index in [1.807, 2.05) is 34.9 Å². The number of nitrogens with one attached hydrogen (secondary N) is 1. The normalized spacial score (nSPS) is 22.5. The van der Waals surface area contributed by atoms with Gasteiger partial charge in [-0.3, -0.25) is 4.79 Å². The fraction of sp³-hybridized carbons (Fsp3) is 0.400. The topological polar surface area (TPSA) is 37.3 Å². The maximum Gasteiger partial charge on any atom is 0.250 e. The van der Waals surface area contributed by atoms with E-state index in [2.05, 4.69) is 23.2 Å². The third kappa shape index (κ3) is 3.38. The second-order valence-electron chi connectivity index (χ2n) is 7.33. The van der Waals surface area contributed by atoms with Crippen molar-refractivity contribution in [2.45, 2.75) is 31.8 Å². The number of aromatic nitrogens is 1. The molecular formula is C20H22ClN3OS. The highest BCUT2D eigenvalue weighted by Crippen LogP contribution is 2.35. The maximum atomic E-state index is 12.1. The number of benzene rings is 1. The van der Waals surface area contributed by atoms with E-state index in [0.717, 1.165) is 47.4 Å². The Balaban J connectivity index is 1.47. The van der Waals surface area contributed by atoms with Crippen molar-refractivity contribution in [2.75, 3.05) is 13.1 Å². The van der Waals surface area contributed by atoms with E-state index in [1.165, 1.54) is 0 Å². The SMILES string of the molecule is C[C@H](NC(=S)N1C[C@H]2C[C@H](C1)c1cccc(=O)n1C2)c1ccc(Cl)cc1. The van der Waals surface area contributed by atoms with Crippen molar-refractivity contribution in [3.8, 4) is 0 Å². The Labute approximate surface area is 163 Å². The van der Waals surface area contributed by atoms with Gasteiger partial charge in [0.2, 0.25) is 0 Å². The van der Waals surface area contributed by atoms with E-state index >= 15 is 0 Å². The first-order chi connectivity index (χ1) is 12.5. The number of likely N-dealkylation sites (tertiary alicyclic amines) is 1. The first-order valence-corrected chi connectivity index (χ1v) is 9.80. The smallest absolute Gasteiger partial charge is 0.250 e. The summed E-state index contributed by atoms with van der Waals surface area (Å²) in [5.74, 6) is 0.828. The Hall–Kier alpha value is -1.85. The van der Waals surface area contributed by atoms with Crippen LogP contribution in [0.3, 0.4) is 0 Å². The van der Waals surface area contributed by atoms with Gasteiger partial charge < -0.3 is 14.8 Å². The van der Waals surface area contributed by atoms with Gasteiger partial charge >= 0.3 is 0 Å². The first kappa shape index (κ1) is 17.6. The van der Waals surface area contributed by atoms with Crippen LogP contribution in [0.4, 0.5) is 0 Å². The van der Waals surface area contributed by atoms with Gasteiger partial charge in [0, 0.05) is 42.3 Å². The molecular weight excluding hydrogens is 366 g/mol. The number of pyridine rings is 1. The zero-order chi connectivity index (χ0) is 18.3. The molecule has 0 amide bonds. The summed E-state index contributed by atoms with van der Waals surface area (Å²) >= 11 is 11.7. The predicted octanol–water partition coefficient (Wildman–Crippen LogP) is 3.56. The molecule has 1 aromatic carbocycles. The summed E-state index contributed by atoms with van der Waals surface area (Å²) in [5, 5.41) is 4.98. The van der Waals surface area contributed by atoms with Crippen molar-refractivity contribution in [3.63, 3.8) is 0 Å². The number of nitrogens with zero attached hydrogens (tertiary/aromatic N) is 2. The van der Waals surface area contributed by atoms with Gasteiger partial charge in [-0.1, -0.05) is 29.8 Å². The van der Waals surface area contributed by atoms with Crippen LogP contribution in [0.2, 0.25) is 5.02 Å². The molecule has 136 valence electrons. The van der Waals surface area contributed by atoms with Crippen molar-refractivity contribution in [1.29, 1.82) is 0 Å². The number of hydrogen-bond acceptors (Lipinski definition) is 2. The quantitative estimate of drug-likeness (QED) is 0.799. The molecule has 0 saturated carbocycles. The van der Waals surface area contributed by atoms with Crippen LogP contribution in [-0.4, -0.2) is 27.7 Å². The summed E-state index contributed by atoms with van der Waals surface area (Å²) in [6, 6.07) is 13.6. The highest BCUT2D eigenvalue weighted by Gasteiger charge is 2.35. The molecule has 1 fully saturated rings. The molecule has 2 bridgehead atoms. The molecule has 1 N–H and O–H groups in total. The zero-order valence-corrected chi connectivity index (χ0v) is 16.3. The Morgan fingerprint density at radius 1 is 1.19 bits per heavy atom. The van der Waals surface area contributed by atoms with Crippen molar-refractivity contribution < 1.29 is 0 Å². The number of thiocarbonyl (C=S) groups is 1. The third-order valence-corrected chi connectivity index (χ3v) is 6.10. The molecule has 0 aliphatic carbocycles. The van der Waals surface area contributed by atoms with Gasteiger partial charge in [0.25, 0.3) is 5.56 Å². The second kappa shape index (κ2) is 7.05. The molecule has 1 saturated heterocycles. The van der Waals surface area contributed by atoms with Crippen LogP contribution in [0.5, 0.6) is 0 Å². The summed E-state index contributed by atoms with van der Waals surface area (Å²) in [6.07, 6.45) is 1.13. The fourth-order valence-electron chi connectivity index (χ4n) is 4.17. The van der Waals surface area contributed by atoms with Crippen LogP contribution in [0.1, 0.15) is 36.6 Å². The molecule has 0 radical (unpaired) electrons. The average molecular weight is 388 g/mol. The molecule has 4 nitrogen and oxygen atoms in total. The van der Waals surface area contributed by atoms with Crippen LogP contribution in [0, 0.1) is 5.92 Å². The van der Waals surface area contributed by atoms with Crippen molar-refractivity contribution in [2.24, 2.45) is 5.92 Å². The van der Waals surface area contributed by atoms with Crippen LogP contribution in [0.15, 0.2) is 47.3 Å². The lowest BCUT2D eigenvalue weighted by Gasteiger charge is -2.44. The number of halogens is 1. The molecule has 0 spiro atoms. The van der Waals surface area contributed by atoms with Crippen molar-refractivity contribution in [3.05, 3.63) is 69.1 Å². The lowest BCUT2D eigenvalue weighted by Crippen LogP contribution is -2.52. The Bertz CT molecular complexity index is 879. The predicted molar refractivity (Wildman–Crippen MR) is 109 cm³/mol. The molecule has 2 aliphatic rings. The number of fused-ring (bicyclic) bond motifs is 4. The van der Waals surface area contributed by atoms with Gasteiger partial charge in [-0.25, -0.2) is 0 Å². The number of piperidine rings is 1. The van der Waals surface area contributed by atoms with Gasteiger partial charge in [0.05, 0.1) is 6.04 Å². The van der Waals surface area contributed by atoms with Crippen molar-refractivity contribution in [1.82, 2.24) is 14.8 Å². The standard InChI is InChI=1S/C20H22ClN3OS/c1-13(15-5-7-17(21)8-6-15)22-20(26)23-10-14-9-16(12-23)18-3-2-4-19(25)24(18)11-14/h2-8,13-14,16H,9-12H2,1H3,(H,22,26)/t13-,14+,16+/m0/s1. The lowest BCUT2D eigenvalue weighted by atomic mass is 9.83. The van der Waals surface area contributed by atoms with Crippen molar-refractivity contribution >= 4 is 28.9 Å². The van der Waals surface area contributed by atoms with Gasteiger partial charge in [-0.15, -0.1) is 0 Å². The molecule has 26 heavy (non-hydrogen) atoms. The van der Waals surface area contributed by atoms with Gasteiger partial charge in [-0.05, 0) is 55.2 Å². The summed E-state index contributed by atoms with van der Waals surface area (Å²) < 4.78 is 1.95. The van der Waals surface area contributed by atoms with Crippen LogP contribution in [-0.2, 0) is 6.54 Å². The minimum atomic E-state index is 0.114. The Kier molecular flexibility index (Phi) is 4.76. The minimum absolute atomic E-state index is 0.114. The van der Waals surface area contributed by atoms with E-state index in [-0.39, 0.29) is 11.6 Å². The van der Waals surface area contributed by atoms with Crippen LogP contribution >= 0.6 is 23.8 Å². The summed E-state index contributed by atoms with van der Waals surface area (Å²) in [4.78, 5) is 14.4. The average Bonchev–Trinajstić information content (AvgIpc) is 2.63. The Morgan fingerprint density at radius 2 is 1.96 bits per heavy atom. The largest absolute Gasteiger partial charge is 0.356 e. The summed E-state index contributed by atoms with van der Waals surface area (Å²) in [5.41, 5.74) is 2.42. The lowest BCUT2D eigenvalue weighted by molar-refractivity contribution is 0.176. The fourth-order valence-corrected chi connectivity index (χ4v) is 4.63. The van der Waals surface area contributed by atoms with Crippen LogP contribution < -0.4 is 10.9 Å². The molecule has 3 heterocycles. The highest BCUT2D eigenvalue weighted by molar-refractivity contribution is 7.80. The minimum Gasteiger partial charge on any atom is -0.356 e. The Morgan fingerprint density at radius 3 is 2.73 bits per heavy atom. The third-order valence-electron chi connectivity index (χ3n) is 5.48. The van der Waals surface area contributed by atoms with Gasteiger partial charge in [0.1, 0.15) is 0 Å². The van der Waals surface area contributed by atoms with E-state index in [4.69, 9.17) is 23.8 Å². The molecule has 6 heteroatoms. The second-order valence-corrected chi connectivity index (χ2v) is 8.15. The first-order valence-electron chi connectivity index (χ1n) is 9.02. The molecule has 3 atom stereocenters. The molecule has 2 aromatic rings. The number of hydrogen-bond donors (Lipinski definition) is 1. The van der Waals surface area contributed by atoms with E-state index in [9.17, 15) is 4.79 Å². The van der Waals surface area contributed by atoms with E-state index in [0.29, 0.717) is 11.8 Å². The van der Waals surface area contributed by atoms with E-state index in [1.54, 1.807) is 6.07 Å².